The van der Waals surface area contributed by atoms with Gasteiger partial charge in [0.15, 0.2) is 5.76 Å². The van der Waals surface area contributed by atoms with Crippen LogP contribution < -0.4 is 11.1 Å². The second-order valence-corrected chi connectivity index (χ2v) is 6.84. The van der Waals surface area contributed by atoms with E-state index in [0.29, 0.717) is 0 Å². The van der Waals surface area contributed by atoms with E-state index in [1.54, 1.807) is 0 Å². The minimum Gasteiger partial charge on any atom is -0.477 e. The van der Waals surface area contributed by atoms with Gasteiger partial charge in [0.1, 0.15) is 30.8 Å². The molecule has 0 unspecified atom stereocenters. The Morgan fingerprint density at radius 2 is 2.34 bits per heavy atom. The number of nitrogens with one attached hydrogen (secondary N) is 1. The number of primary amides is 1. The Morgan fingerprint density at radius 3 is 2.97 bits per heavy atom. The number of amides is 3. The van der Waals surface area contributed by atoms with Crippen LogP contribution in [0.5, 0.6) is 0 Å². The largest absolute Gasteiger partial charge is 0.477 e. The highest BCUT2D eigenvalue weighted by molar-refractivity contribution is 8.00. The zero-order chi connectivity index (χ0) is 23.6. The topological polar surface area (TPSA) is 174 Å². The van der Waals surface area contributed by atoms with Gasteiger partial charge in [-0.25, -0.2) is 9.59 Å². The number of carboxylic acid groups (broad SMARTS) is 1. The molecule has 154 valence electrons. The molecule has 0 radical (unpaired) electrons. The van der Waals surface area contributed by atoms with E-state index in [0.717, 1.165) is 16.7 Å². The fourth-order valence-electron chi connectivity index (χ4n) is 2.82. The van der Waals surface area contributed by atoms with E-state index in [1.165, 1.54) is 18.4 Å². The van der Waals surface area contributed by atoms with Crippen LogP contribution in [0.25, 0.3) is 0 Å². The molecule has 2 aliphatic heterocycles. The van der Waals surface area contributed by atoms with Crippen LogP contribution in [-0.4, -0.2) is 70.4 Å². The number of oxime groups is 1. The maximum atomic E-state index is 12.7. The Morgan fingerprint density at radius 1 is 1.55 bits per heavy atom. The number of nitrogens with zero attached hydrogens (tertiary/aromatic N) is 2. The molecule has 13 heteroatoms. The first-order valence-corrected chi connectivity index (χ1v) is 8.97. The van der Waals surface area contributed by atoms with E-state index in [9.17, 15) is 24.3 Å². The number of nitrogens with two attached hydrogens (primary N) is 1. The van der Waals surface area contributed by atoms with E-state index >= 15 is 0 Å². The van der Waals surface area contributed by atoms with Crippen molar-refractivity contribution in [3.8, 4) is 0 Å². The highest BCUT2D eigenvalue weighted by Gasteiger charge is 2.54. The van der Waals surface area contributed by atoms with Gasteiger partial charge in [0.2, 0.25) is 5.71 Å². The van der Waals surface area contributed by atoms with Crippen LogP contribution in [0.4, 0.5) is 4.79 Å². The third kappa shape index (κ3) is 3.89. The van der Waals surface area contributed by atoms with E-state index < -0.39 is 54.6 Å². The average Bonchev–Trinajstić information content (AvgIpc) is 3.23. The summed E-state index contributed by atoms with van der Waals surface area (Å²) in [6.07, 6.45) is 0.124. The molecule has 12 nitrogen and oxygen atoms in total. The van der Waals surface area contributed by atoms with E-state index in [4.69, 9.17) is 14.3 Å². The molecule has 0 saturated carbocycles. The van der Waals surface area contributed by atoms with Gasteiger partial charge in [-0.1, -0.05) is 5.16 Å². The normalized spacial score (nSPS) is 23.2. The van der Waals surface area contributed by atoms with Gasteiger partial charge in [0.05, 0.1) is 10.4 Å². The number of hydrogen-bond acceptors (Lipinski definition) is 9. The summed E-state index contributed by atoms with van der Waals surface area (Å²) in [5.41, 5.74) is 4.18. The Bertz CT molecular complexity index is 1010. The summed E-state index contributed by atoms with van der Waals surface area (Å²) in [5, 5.41) is 14.5. The molecule has 4 N–H and O–H groups in total. The number of carbonyl (C=O) groups is 4. The number of carboxylic acids is 1. The van der Waals surface area contributed by atoms with Gasteiger partial charge >= 0.3 is 12.1 Å². The average molecular weight is 427 g/mol. The fraction of sp³-hybridized carbons (Fsp3) is 0.312. The summed E-state index contributed by atoms with van der Waals surface area (Å²) < 4.78 is 30.9. The second kappa shape index (κ2) is 8.26. The van der Waals surface area contributed by atoms with Crippen molar-refractivity contribution in [1.29, 1.82) is 0 Å². The molecule has 3 heterocycles. The molecule has 1 fully saturated rings. The molecule has 3 amide bonds. The SMILES string of the molecule is [2H]C([2H])([2H])ON=C(C(=O)N[C@@H]1C(=O)N2C(C(=O)O)=C(COC(N)=O)CS[C@H]12)c1ccco1. The molecule has 2 aliphatic rings. The van der Waals surface area contributed by atoms with Crippen LogP contribution in [0, 0.1) is 0 Å². The van der Waals surface area contributed by atoms with Crippen molar-refractivity contribution in [1.82, 2.24) is 10.2 Å². The Hall–Kier alpha value is -3.48. The zero-order valence-electron chi connectivity index (χ0n) is 17.5. The third-order valence-corrected chi connectivity index (χ3v) is 5.37. The molecule has 3 rings (SSSR count). The van der Waals surface area contributed by atoms with Crippen LogP contribution >= 0.6 is 11.8 Å². The number of fused-ring (bicyclic) bond motifs is 1. The molecule has 0 aliphatic carbocycles. The minimum absolute atomic E-state index is 0.0943. The predicted molar refractivity (Wildman–Crippen MR) is 97.5 cm³/mol. The number of aliphatic carboxylic acids is 1. The Balaban J connectivity index is 1.78. The van der Waals surface area contributed by atoms with Crippen LogP contribution in [0.1, 0.15) is 9.87 Å². The summed E-state index contributed by atoms with van der Waals surface area (Å²) >= 11 is 1.13. The number of carbonyl (C=O) groups excluding carboxylic acids is 3. The lowest BCUT2D eigenvalue weighted by molar-refractivity contribution is -0.150. The summed E-state index contributed by atoms with van der Waals surface area (Å²) in [6.45, 7) is -0.404. The summed E-state index contributed by atoms with van der Waals surface area (Å²) in [5.74, 6) is -3.13. The van der Waals surface area contributed by atoms with Gasteiger partial charge in [0, 0.05) is 11.3 Å². The molecule has 2 atom stereocenters. The number of ether oxygens (including phenoxy) is 1. The van der Waals surface area contributed by atoms with Crippen LogP contribution in [0.3, 0.4) is 0 Å². The smallest absolute Gasteiger partial charge is 0.404 e. The van der Waals surface area contributed by atoms with Gasteiger partial charge in [-0.15, -0.1) is 11.8 Å². The minimum atomic E-state index is -2.93. The van der Waals surface area contributed by atoms with Crippen molar-refractivity contribution >= 4 is 41.4 Å². The fourth-order valence-corrected chi connectivity index (χ4v) is 4.15. The number of rotatable bonds is 7. The molecule has 1 saturated heterocycles. The second-order valence-electron chi connectivity index (χ2n) is 5.73. The number of thioether (sulfide) groups is 1. The van der Waals surface area contributed by atoms with Crippen molar-refractivity contribution in [3.63, 3.8) is 0 Å². The first kappa shape index (κ1) is 16.5. The van der Waals surface area contributed by atoms with E-state index in [-0.39, 0.29) is 22.8 Å². The zero-order valence-corrected chi connectivity index (χ0v) is 15.3. The molecular weight excluding hydrogens is 408 g/mol. The van der Waals surface area contributed by atoms with Crippen molar-refractivity contribution in [2.75, 3.05) is 19.4 Å². The molecule has 1 aromatic rings. The monoisotopic (exact) mass is 427 g/mol. The summed E-state index contributed by atoms with van der Waals surface area (Å²) in [4.78, 5) is 53.2. The molecule has 0 spiro atoms. The molecular formula is C16H16N4O8S. The summed E-state index contributed by atoms with van der Waals surface area (Å²) in [7, 11) is -2.93. The predicted octanol–water partition coefficient (Wildman–Crippen LogP) is -0.536. The maximum Gasteiger partial charge on any atom is 0.404 e. The van der Waals surface area contributed by atoms with Crippen molar-refractivity contribution < 1.29 is 42.4 Å². The van der Waals surface area contributed by atoms with E-state index in [1.807, 2.05) is 0 Å². The van der Waals surface area contributed by atoms with Gasteiger partial charge in [0.25, 0.3) is 11.8 Å². The van der Waals surface area contributed by atoms with Crippen molar-refractivity contribution in [2.45, 2.75) is 11.4 Å². The van der Waals surface area contributed by atoms with Gasteiger partial charge in [-0.05, 0) is 12.1 Å². The van der Waals surface area contributed by atoms with Gasteiger partial charge in [-0.2, -0.15) is 0 Å². The van der Waals surface area contributed by atoms with Gasteiger partial charge < -0.3 is 30.1 Å². The quantitative estimate of drug-likeness (QED) is 0.293. The third-order valence-electron chi connectivity index (χ3n) is 4.03. The lowest BCUT2D eigenvalue weighted by atomic mass is 10.0. The number of furan rings is 1. The Labute approximate surface area is 171 Å². The molecule has 0 bridgehead atoms. The highest BCUT2D eigenvalue weighted by atomic mass is 32.2. The van der Waals surface area contributed by atoms with Crippen molar-refractivity contribution in [2.24, 2.45) is 10.9 Å². The lowest BCUT2D eigenvalue weighted by Crippen LogP contribution is -2.71. The Kier molecular flexibility index (Phi) is 4.69. The molecule has 1 aromatic heterocycles. The molecule has 0 aromatic carbocycles. The number of β-lactam (4-membered cyclic amide) rings is 1. The highest BCUT2D eigenvalue weighted by Crippen LogP contribution is 2.40. The van der Waals surface area contributed by atoms with Crippen LogP contribution in [-0.2, 0) is 24.0 Å². The first-order chi connectivity index (χ1) is 15.0. The number of hydrogen-bond donors (Lipinski definition) is 3. The first-order valence-electron chi connectivity index (χ1n) is 9.42. The maximum absolute atomic E-state index is 12.7. The standard InChI is InChI=1S/C16H16N4O8S/c1-26-19-9(8-3-2-4-27-8)12(21)18-10-13(22)20-11(15(23)24)7(5-28-16(17)25)6-29-14(10)20/h2-4,10,14H,5-6H2,1H3,(H2,17,25)(H,18,21)(H,23,24)/t10-,14-/m1/s1/i1D3. The lowest BCUT2D eigenvalue weighted by Gasteiger charge is -2.49. The van der Waals surface area contributed by atoms with Crippen molar-refractivity contribution in [3.05, 3.63) is 35.4 Å². The van der Waals surface area contributed by atoms with Gasteiger partial charge in [-0.3, -0.25) is 14.5 Å². The summed E-state index contributed by atoms with van der Waals surface area (Å²) in [6, 6.07) is 1.63. The van der Waals surface area contributed by atoms with E-state index in [2.05, 4.69) is 20.0 Å². The van der Waals surface area contributed by atoms with Crippen LogP contribution in [0.2, 0.25) is 0 Å². The van der Waals surface area contributed by atoms with Crippen LogP contribution in [0.15, 0.2) is 39.2 Å². The molecule has 29 heavy (non-hydrogen) atoms.